The average molecular weight is 352 g/mol. The van der Waals surface area contributed by atoms with Gasteiger partial charge in [-0.1, -0.05) is 0 Å². The highest BCUT2D eigenvalue weighted by Crippen LogP contribution is 2.28. The van der Waals surface area contributed by atoms with Gasteiger partial charge in [0.1, 0.15) is 17.9 Å². The molecule has 24 heavy (non-hydrogen) atoms. The molecule has 0 saturated heterocycles. The molecule has 6 nitrogen and oxygen atoms in total. The Bertz CT molecular complexity index is 732. The van der Waals surface area contributed by atoms with Crippen LogP contribution in [-0.2, 0) is 12.7 Å². The SMILES string of the molecule is Cc1cc(C(F)(F)F)nc(N/N=C/c2ccn(CC(F)(F)F)n2)n1. The van der Waals surface area contributed by atoms with Crippen LogP contribution in [0.5, 0.6) is 0 Å². The molecule has 2 heterocycles. The second-order valence-electron chi connectivity index (χ2n) is 4.64. The lowest BCUT2D eigenvalue weighted by Crippen LogP contribution is -2.18. The first-order chi connectivity index (χ1) is 11.0. The molecule has 0 aromatic carbocycles. The highest BCUT2D eigenvalue weighted by atomic mass is 19.4. The molecule has 0 fully saturated rings. The van der Waals surface area contributed by atoms with Gasteiger partial charge in [-0.25, -0.2) is 15.4 Å². The molecule has 1 N–H and O–H groups in total. The first kappa shape index (κ1) is 17.7. The van der Waals surface area contributed by atoms with Crippen molar-refractivity contribution in [2.24, 2.45) is 5.10 Å². The van der Waals surface area contributed by atoms with Crippen LogP contribution in [0.3, 0.4) is 0 Å². The van der Waals surface area contributed by atoms with E-state index in [0.717, 1.165) is 18.5 Å². The average Bonchev–Trinajstić information content (AvgIpc) is 2.82. The van der Waals surface area contributed by atoms with Gasteiger partial charge in [0.05, 0.1) is 6.21 Å². The molecule has 0 unspecified atom stereocenters. The molecule has 0 aliphatic carbocycles. The zero-order chi connectivity index (χ0) is 18.0. The summed E-state index contributed by atoms with van der Waals surface area (Å²) < 4.78 is 75.0. The van der Waals surface area contributed by atoms with Crippen LogP contribution < -0.4 is 5.43 Å². The van der Waals surface area contributed by atoms with Crippen molar-refractivity contribution in [1.29, 1.82) is 0 Å². The largest absolute Gasteiger partial charge is 0.433 e. The number of anilines is 1. The molecule has 0 amide bonds. The van der Waals surface area contributed by atoms with Crippen molar-refractivity contribution < 1.29 is 26.3 Å². The Morgan fingerprint density at radius 3 is 2.54 bits per heavy atom. The van der Waals surface area contributed by atoms with Crippen LogP contribution in [0.1, 0.15) is 17.1 Å². The highest BCUT2D eigenvalue weighted by molar-refractivity contribution is 5.77. The van der Waals surface area contributed by atoms with E-state index < -0.39 is 30.5 Å². The van der Waals surface area contributed by atoms with E-state index in [-0.39, 0.29) is 11.4 Å². The van der Waals surface area contributed by atoms with E-state index in [0.29, 0.717) is 4.68 Å². The molecule has 2 aromatic rings. The van der Waals surface area contributed by atoms with E-state index in [1.807, 2.05) is 0 Å². The Balaban J connectivity index is 2.06. The topological polar surface area (TPSA) is 68.0 Å². The minimum absolute atomic E-state index is 0.0736. The quantitative estimate of drug-likeness (QED) is 0.522. The summed E-state index contributed by atoms with van der Waals surface area (Å²) in [5.41, 5.74) is 1.20. The molecule has 0 aliphatic heterocycles. The van der Waals surface area contributed by atoms with Gasteiger partial charge in [0.2, 0.25) is 5.95 Å². The Kier molecular flexibility index (Phi) is 4.76. The normalized spacial score (nSPS) is 12.8. The molecule has 12 heteroatoms. The number of rotatable bonds is 4. The van der Waals surface area contributed by atoms with Gasteiger partial charge in [0.15, 0.2) is 0 Å². The second-order valence-corrected chi connectivity index (χ2v) is 4.64. The van der Waals surface area contributed by atoms with Crippen molar-refractivity contribution in [3.05, 3.63) is 35.4 Å². The van der Waals surface area contributed by atoms with Gasteiger partial charge in [0.25, 0.3) is 0 Å². The van der Waals surface area contributed by atoms with Gasteiger partial charge < -0.3 is 0 Å². The van der Waals surface area contributed by atoms with Gasteiger partial charge >= 0.3 is 12.4 Å². The molecule has 2 rings (SSSR count). The molecule has 0 saturated carbocycles. The Morgan fingerprint density at radius 1 is 1.21 bits per heavy atom. The molecule has 2 aromatic heterocycles. The van der Waals surface area contributed by atoms with E-state index in [1.54, 1.807) is 0 Å². The summed E-state index contributed by atoms with van der Waals surface area (Å²) in [6, 6.07) is 2.03. The lowest BCUT2D eigenvalue weighted by atomic mass is 10.3. The van der Waals surface area contributed by atoms with Crippen molar-refractivity contribution in [1.82, 2.24) is 19.7 Å². The number of halogens is 6. The zero-order valence-corrected chi connectivity index (χ0v) is 12.0. The van der Waals surface area contributed by atoms with Crippen molar-refractivity contribution in [3.8, 4) is 0 Å². The maximum Gasteiger partial charge on any atom is 0.433 e. The van der Waals surface area contributed by atoms with E-state index in [4.69, 9.17) is 0 Å². The predicted octanol–water partition coefficient (Wildman–Crippen LogP) is 3.01. The summed E-state index contributed by atoms with van der Waals surface area (Å²) in [7, 11) is 0. The molecule has 0 radical (unpaired) electrons. The Hall–Kier alpha value is -2.66. The summed E-state index contributed by atoms with van der Waals surface area (Å²) in [5, 5.41) is 7.15. The van der Waals surface area contributed by atoms with E-state index in [9.17, 15) is 26.3 Å². The van der Waals surface area contributed by atoms with E-state index in [1.165, 1.54) is 13.0 Å². The molecule has 0 bridgehead atoms. The van der Waals surface area contributed by atoms with Gasteiger partial charge in [-0.3, -0.25) is 4.68 Å². The Morgan fingerprint density at radius 2 is 1.92 bits per heavy atom. The fourth-order valence-corrected chi connectivity index (χ4v) is 1.64. The minimum atomic E-state index is -4.63. The Labute approximate surface area is 131 Å². The first-order valence-electron chi connectivity index (χ1n) is 6.35. The van der Waals surface area contributed by atoms with Crippen LogP contribution in [-0.4, -0.2) is 32.1 Å². The van der Waals surface area contributed by atoms with E-state index >= 15 is 0 Å². The minimum Gasteiger partial charge on any atom is -0.263 e. The summed E-state index contributed by atoms with van der Waals surface area (Å²) in [6.45, 7) is 0.0921. The fraction of sp³-hybridized carbons (Fsp3) is 0.333. The molecule has 130 valence electrons. The number of hydrazone groups is 1. The van der Waals surface area contributed by atoms with Crippen molar-refractivity contribution >= 4 is 12.2 Å². The smallest absolute Gasteiger partial charge is 0.263 e. The van der Waals surface area contributed by atoms with E-state index in [2.05, 4.69) is 25.6 Å². The zero-order valence-electron chi connectivity index (χ0n) is 12.0. The predicted molar refractivity (Wildman–Crippen MR) is 71.3 cm³/mol. The van der Waals surface area contributed by atoms with Crippen LogP contribution in [0.4, 0.5) is 32.3 Å². The second kappa shape index (κ2) is 6.45. The van der Waals surface area contributed by atoms with Gasteiger partial charge in [-0.05, 0) is 19.1 Å². The maximum absolute atomic E-state index is 12.6. The lowest BCUT2D eigenvalue weighted by Gasteiger charge is -2.07. The highest BCUT2D eigenvalue weighted by Gasteiger charge is 2.33. The van der Waals surface area contributed by atoms with Crippen LogP contribution in [0.25, 0.3) is 0 Å². The number of hydrogen-bond donors (Lipinski definition) is 1. The lowest BCUT2D eigenvalue weighted by molar-refractivity contribution is -0.143. The van der Waals surface area contributed by atoms with Gasteiger partial charge in [-0.2, -0.15) is 36.5 Å². The molecular formula is C12H10F6N6. The van der Waals surface area contributed by atoms with Crippen LogP contribution in [0.15, 0.2) is 23.4 Å². The number of aryl methyl sites for hydroxylation is 1. The molecular weight excluding hydrogens is 342 g/mol. The fourth-order valence-electron chi connectivity index (χ4n) is 1.64. The number of hydrogen-bond acceptors (Lipinski definition) is 5. The maximum atomic E-state index is 12.6. The summed E-state index contributed by atoms with van der Waals surface area (Å²) in [6.07, 6.45) is -6.92. The number of alkyl halides is 6. The standard InChI is InChI=1S/C12H10F6N6/c1-7-4-9(12(16,17)18)21-10(20-7)22-19-5-8-2-3-24(23-8)6-11(13,14)15/h2-5H,6H2,1H3,(H,20,21,22)/b19-5+. The van der Waals surface area contributed by atoms with Crippen LogP contribution in [0, 0.1) is 6.92 Å². The summed E-state index contributed by atoms with van der Waals surface area (Å²) in [4.78, 5) is 6.98. The van der Waals surface area contributed by atoms with Crippen molar-refractivity contribution in [2.45, 2.75) is 25.8 Å². The van der Waals surface area contributed by atoms with Gasteiger partial charge in [-0.15, -0.1) is 0 Å². The third-order valence-electron chi connectivity index (χ3n) is 2.51. The first-order valence-corrected chi connectivity index (χ1v) is 6.35. The third kappa shape index (κ3) is 5.21. The number of nitrogens with zero attached hydrogens (tertiary/aromatic N) is 5. The van der Waals surface area contributed by atoms with Crippen molar-refractivity contribution in [3.63, 3.8) is 0 Å². The number of nitrogens with one attached hydrogen (secondary N) is 1. The van der Waals surface area contributed by atoms with Crippen LogP contribution in [0.2, 0.25) is 0 Å². The molecule has 0 atom stereocenters. The van der Waals surface area contributed by atoms with Crippen LogP contribution >= 0.6 is 0 Å². The number of aromatic nitrogens is 4. The molecule has 0 spiro atoms. The summed E-state index contributed by atoms with van der Waals surface area (Å²) >= 11 is 0. The van der Waals surface area contributed by atoms with Crippen molar-refractivity contribution in [2.75, 3.05) is 5.43 Å². The monoisotopic (exact) mass is 352 g/mol. The molecule has 0 aliphatic rings. The summed E-state index contributed by atoms with van der Waals surface area (Å²) in [5.74, 6) is -0.395. The third-order valence-corrected chi connectivity index (χ3v) is 2.51. The van der Waals surface area contributed by atoms with Gasteiger partial charge in [0, 0.05) is 11.9 Å².